The smallest absolute Gasteiger partial charge is 0.0241 e. The molecular weight excluding hydrogens is 264 g/mol. The van der Waals surface area contributed by atoms with Gasteiger partial charge in [-0.2, -0.15) is 0 Å². The van der Waals surface area contributed by atoms with Gasteiger partial charge in [0, 0.05) is 17.6 Å². The number of rotatable bonds is 6. The molecule has 0 amide bonds. The Bertz CT molecular complexity index is 326. The normalized spacial score (nSPS) is 11.1. The first kappa shape index (κ1) is 13.7. The van der Waals surface area contributed by atoms with E-state index in [2.05, 4.69) is 53.0 Å². The van der Waals surface area contributed by atoms with Crippen LogP contribution < -0.4 is 5.73 Å². The van der Waals surface area contributed by atoms with E-state index in [4.69, 9.17) is 5.73 Å². The first-order chi connectivity index (χ1) is 7.67. The molecule has 16 heavy (non-hydrogen) atoms. The third kappa shape index (κ3) is 4.24. The van der Waals surface area contributed by atoms with Crippen LogP contribution in [0.3, 0.4) is 0 Å². The summed E-state index contributed by atoms with van der Waals surface area (Å²) in [6.07, 6.45) is 2.51. The summed E-state index contributed by atoms with van der Waals surface area (Å²) < 4.78 is 1.17. The summed E-state index contributed by atoms with van der Waals surface area (Å²) in [5.41, 5.74) is 8.11. The molecule has 0 unspecified atom stereocenters. The molecule has 1 aromatic rings. The van der Waals surface area contributed by atoms with Crippen molar-refractivity contribution in [2.24, 2.45) is 5.73 Å². The Labute approximate surface area is 107 Å². The molecule has 0 aliphatic rings. The Balaban J connectivity index is 2.59. The molecule has 0 radical (unpaired) electrons. The molecule has 0 atom stereocenters. The summed E-state index contributed by atoms with van der Waals surface area (Å²) in [5, 5.41) is 0. The zero-order chi connectivity index (χ0) is 12.0. The summed E-state index contributed by atoms with van der Waals surface area (Å²) in [6, 6.07) is 6.38. The van der Waals surface area contributed by atoms with Crippen molar-refractivity contribution in [2.75, 3.05) is 13.6 Å². The first-order valence-electron chi connectivity index (χ1n) is 5.83. The maximum absolute atomic E-state index is 5.60. The minimum absolute atomic E-state index is 0.602. The van der Waals surface area contributed by atoms with Gasteiger partial charge in [-0.3, -0.25) is 0 Å². The van der Waals surface area contributed by atoms with Gasteiger partial charge in [-0.05, 0) is 37.2 Å². The Kier molecular flexibility index (Phi) is 6.03. The van der Waals surface area contributed by atoms with E-state index in [9.17, 15) is 0 Å². The van der Waals surface area contributed by atoms with Gasteiger partial charge in [0.2, 0.25) is 0 Å². The fraction of sp³-hybridized carbons (Fsp3) is 0.538. The van der Waals surface area contributed by atoms with E-state index < -0.39 is 0 Å². The minimum Gasteiger partial charge on any atom is -0.326 e. The lowest BCUT2D eigenvalue weighted by Gasteiger charge is -2.17. The molecule has 1 rings (SSSR count). The van der Waals surface area contributed by atoms with E-state index in [0.29, 0.717) is 6.54 Å². The second-order valence-corrected chi connectivity index (χ2v) is 5.08. The number of hydrogen-bond donors (Lipinski definition) is 1. The van der Waals surface area contributed by atoms with E-state index in [1.54, 1.807) is 0 Å². The van der Waals surface area contributed by atoms with Gasteiger partial charge in [-0.15, -0.1) is 0 Å². The molecule has 0 aliphatic heterocycles. The Hall–Kier alpha value is -0.380. The fourth-order valence-electron chi connectivity index (χ4n) is 1.64. The molecule has 0 saturated heterocycles. The fourth-order valence-corrected chi connectivity index (χ4v) is 2.20. The van der Waals surface area contributed by atoms with Crippen LogP contribution in [-0.2, 0) is 13.1 Å². The van der Waals surface area contributed by atoms with E-state index in [0.717, 1.165) is 13.1 Å². The summed E-state index contributed by atoms with van der Waals surface area (Å²) in [7, 11) is 2.17. The van der Waals surface area contributed by atoms with Crippen molar-refractivity contribution >= 4 is 15.9 Å². The Morgan fingerprint density at radius 3 is 2.69 bits per heavy atom. The van der Waals surface area contributed by atoms with Gasteiger partial charge in [0.15, 0.2) is 0 Å². The largest absolute Gasteiger partial charge is 0.326 e. The molecule has 0 heterocycles. The van der Waals surface area contributed by atoms with Gasteiger partial charge >= 0.3 is 0 Å². The second-order valence-electron chi connectivity index (χ2n) is 4.22. The van der Waals surface area contributed by atoms with Crippen LogP contribution in [0.5, 0.6) is 0 Å². The van der Waals surface area contributed by atoms with E-state index in [-0.39, 0.29) is 0 Å². The molecule has 90 valence electrons. The third-order valence-corrected chi connectivity index (χ3v) is 3.43. The van der Waals surface area contributed by atoms with E-state index >= 15 is 0 Å². The number of nitrogens with two attached hydrogens (primary N) is 1. The standard InChI is InChI=1S/C13H21BrN2/c1-3-4-7-16(2)10-12-6-5-11(9-15)8-13(12)14/h5-6,8H,3-4,7,9-10,15H2,1-2H3. The number of halogens is 1. The summed E-state index contributed by atoms with van der Waals surface area (Å²) >= 11 is 3.60. The van der Waals surface area contributed by atoms with Gasteiger partial charge in [0.1, 0.15) is 0 Å². The maximum Gasteiger partial charge on any atom is 0.0241 e. The van der Waals surface area contributed by atoms with Crippen LogP contribution in [0.1, 0.15) is 30.9 Å². The predicted molar refractivity (Wildman–Crippen MR) is 73.3 cm³/mol. The van der Waals surface area contributed by atoms with Crippen molar-refractivity contribution in [2.45, 2.75) is 32.9 Å². The van der Waals surface area contributed by atoms with Crippen LogP contribution >= 0.6 is 15.9 Å². The number of benzene rings is 1. The lowest BCUT2D eigenvalue weighted by molar-refractivity contribution is 0.320. The average Bonchev–Trinajstić information content (AvgIpc) is 2.29. The number of nitrogens with zero attached hydrogens (tertiary/aromatic N) is 1. The quantitative estimate of drug-likeness (QED) is 0.870. The van der Waals surface area contributed by atoms with Crippen molar-refractivity contribution in [1.82, 2.24) is 4.90 Å². The van der Waals surface area contributed by atoms with Gasteiger partial charge in [0.25, 0.3) is 0 Å². The van der Waals surface area contributed by atoms with Gasteiger partial charge in [0.05, 0.1) is 0 Å². The zero-order valence-corrected chi connectivity index (χ0v) is 11.8. The first-order valence-corrected chi connectivity index (χ1v) is 6.62. The summed E-state index contributed by atoms with van der Waals surface area (Å²) in [5.74, 6) is 0. The SMILES string of the molecule is CCCCN(C)Cc1ccc(CN)cc1Br. The topological polar surface area (TPSA) is 29.3 Å². The van der Waals surface area contributed by atoms with Crippen LogP contribution in [0.4, 0.5) is 0 Å². The number of hydrogen-bond acceptors (Lipinski definition) is 2. The Morgan fingerprint density at radius 2 is 2.12 bits per heavy atom. The molecule has 0 fully saturated rings. The molecule has 1 aromatic carbocycles. The van der Waals surface area contributed by atoms with Gasteiger partial charge in [-0.25, -0.2) is 0 Å². The van der Waals surface area contributed by atoms with Crippen molar-refractivity contribution in [3.63, 3.8) is 0 Å². The molecule has 0 saturated carbocycles. The number of unbranched alkanes of at least 4 members (excludes halogenated alkanes) is 1. The highest BCUT2D eigenvalue weighted by Crippen LogP contribution is 2.20. The van der Waals surface area contributed by atoms with E-state index in [1.807, 2.05) is 0 Å². The molecule has 2 nitrogen and oxygen atoms in total. The lowest BCUT2D eigenvalue weighted by atomic mass is 10.1. The van der Waals surface area contributed by atoms with Crippen molar-refractivity contribution in [3.05, 3.63) is 33.8 Å². The molecule has 0 aromatic heterocycles. The minimum atomic E-state index is 0.602. The summed E-state index contributed by atoms with van der Waals surface area (Å²) in [6.45, 7) is 4.97. The van der Waals surface area contributed by atoms with Crippen LogP contribution in [0, 0.1) is 0 Å². The van der Waals surface area contributed by atoms with Crippen molar-refractivity contribution in [1.29, 1.82) is 0 Å². The third-order valence-electron chi connectivity index (χ3n) is 2.69. The van der Waals surface area contributed by atoms with Gasteiger partial charge < -0.3 is 10.6 Å². The zero-order valence-electron chi connectivity index (χ0n) is 10.2. The van der Waals surface area contributed by atoms with Crippen LogP contribution in [0.2, 0.25) is 0 Å². The molecular formula is C13H21BrN2. The van der Waals surface area contributed by atoms with Crippen molar-refractivity contribution in [3.8, 4) is 0 Å². The molecule has 0 aliphatic carbocycles. The monoisotopic (exact) mass is 284 g/mol. The molecule has 0 bridgehead atoms. The highest BCUT2D eigenvalue weighted by atomic mass is 79.9. The average molecular weight is 285 g/mol. The molecule has 0 spiro atoms. The molecule has 3 heteroatoms. The van der Waals surface area contributed by atoms with Crippen LogP contribution in [0.15, 0.2) is 22.7 Å². The maximum atomic E-state index is 5.60. The lowest BCUT2D eigenvalue weighted by Crippen LogP contribution is -2.19. The second kappa shape index (κ2) is 7.05. The Morgan fingerprint density at radius 1 is 1.38 bits per heavy atom. The van der Waals surface area contributed by atoms with Crippen LogP contribution in [0.25, 0.3) is 0 Å². The van der Waals surface area contributed by atoms with Crippen molar-refractivity contribution < 1.29 is 0 Å². The summed E-state index contributed by atoms with van der Waals surface area (Å²) in [4.78, 5) is 2.35. The predicted octanol–water partition coefficient (Wildman–Crippen LogP) is 3.14. The van der Waals surface area contributed by atoms with Crippen LogP contribution in [-0.4, -0.2) is 18.5 Å². The van der Waals surface area contributed by atoms with Gasteiger partial charge in [-0.1, -0.05) is 41.4 Å². The highest BCUT2D eigenvalue weighted by Gasteiger charge is 2.04. The molecule has 2 N–H and O–H groups in total. The van der Waals surface area contributed by atoms with E-state index in [1.165, 1.54) is 28.4 Å². The highest BCUT2D eigenvalue weighted by molar-refractivity contribution is 9.10.